The number of nitrogens with one attached hydrogen (secondary N) is 1. The van der Waals surface area contributed by atoms with Gasteiger partial charge in [0, 0.05) is 24.3 Å². The monoisotopic (exact) mass is 385 g/mol. The van der Waals surface area contributed by atoms with E-state index in [1.807, 2.05) is 24.8 Å². The molecule has 2 heterocycles. The Morgan fingerprint density at radius 2 is 1.96 bits per heavy atom. The number of carbonyl (C=O) groups is 1. The molecule has 144 valence electrons. The molecule has 0 unspecified atom stereocenters. The summed E-state index contributed by atoms with van der Waals surface area (Å²) in [7, 11) is 0. The molecule has 1 amide bonds. The van der Waals surface area contributed by atoms with Crippen molar-refractivity contribution in [1.29, 1.82) is 0 Å². The van der Waals surface area contributed by atoms with Crippen molar-refractivity contribution in [2.24, 2.45) is 5.92 Å². The number of carbonyl (C=O) groups excluding carboxylic acids is 1. The average molecular weight is 386 g/mol. The Morgan fingerprint density at radius 1 is 1.26 bits per heavy atom. The number of likely N-dealkylation sites (tertiary alicyclic amines) is 1. The van der Waals surface area contributed by atoms with Crippen LogP contribution >= 0.6 is 11.8 Å². The molecule has 5 nitrogen and oxygen atoms in total. The van der Waals surface area contributed by atoms with Crippen molar-refractivity contribution in [3.05, 3.63) is 57.5 Å². The standard InChI is InChI=1S/C21H27N3O2S/c1-3-18-15(2)22-21(23-20(18)26)27-14-19(25)24-11-9-17(10-12-24)13-16-7-5-4-6-8-16/h4-8,17H,3,9-14H2,1-2H3,(H,22,23,26). The van der Waals surface area contributed by atoms with Gasteiger partial charge in [-0.1, -0.05) is 49.0 Å². The van der Waals surface area contributed by atoms with Crippen molar-refractivity contribution < 1.29 is 4.79 Å². The molecule has 1 fully saturated rings. The fraction of sp³-hybridized carbons (Fsp3) is 0.476. The number of aromatic amines is 1. The lowest BCUT2D eigenvalue weighted by molar-refractivity contribution is -0.129. The first kappa shape index (κ1) is 19.7. The first-order chi connectivity index (χ1) is 13.1. The number of piperidine rings is 1. The van der Waals surface area contributed by atoms with E-state index in [4.69, 9.17) is 0 Å². The van der Waals surface area contributed by atoms with Crippen molar-refractivity contribution in [2.45, 2.75) is 44.7 Å². The van der Waals surface area contributed by atoms with Gasteiger partial charge in [-0.15, -0.1) is 0 Å². The lowest BCUT2D eigenvalue weighted by Gasteiger charge is -2.32. The lowest BCUT2D eigenvalue weighted by atomic mass is 9.90. The van der Waals surface area contributed by atoms with Crippen LogP contribution in [-0.4, -0.2) is 39.6 Å². The third-order valence-electron chi connectivity index (χ3n) is 5.22. The Bertz CT molecular complexity index is 827. The second-order valence-electron chi connectivity index (χ2n) is 7.09. The van der Waals surface area contributed by atoms with Crippen molar-refractivity contribution in [2.75, 3.05) is 18.8 Å². The third-order valence-corrected chi connectivity index (χ3v) is 6.08. The summed E-state index contributed by atoms with van der Waals surface area (Å²) >= 11 is 1.32. The van der Waals surface area contributed by atoms with Gasteiger partial charge < -0.3 is 9.88 Å². The number of hydrogen-bond donors (Lipinski definition) is 1. The van der Waals surface area contributed by atoms with Gasteiger partial charge in [-0.3, -0.25) is 9.59 Å². The van der Waals surface area contributed by atoms with Crippen LogP contribution in [0.3, 0.4) is 0 Å². The van der Waals surface area contributed by atoms with Crippen molar-refractivity contribution in [1.82, 2.24) is 14.9 Å². The maximum absolute atomic E-state index is 12.5. The van der Waals surface area contributed by atoms with Crippen molar-refractivity contribution in [3.63, 3.8) is 0 Å². The molecule has 0 radical (unpaired) electrons. The zero-order chi connectivity index (χ0) is 19.2. The van der Waals surface area contributed by atoms with E-state index in [0.717, 1.165) is 38.0 Å². The number of aromatic nitrogens is 2. The largest absolute Gasteiger partial charge is 0.342 e. The minimum atomic E-state index is -0.0957. The molecule has 1 saturated heterocycles. The summed E-state index contributed by atoms with van der Waals surface area (Å²) in [5.41, 5.74) is 2.74. The average Bonchev–Trinajstić information content (AvgIpc) is 2.67. The Hall–Kier alpha value is -2.08. The van der Waals surface area contributed by atoms with Crippen molar-refractivity contribution in [3.8, 4) is 0 Å². The molecule has 3 rings (SSSR count). The number of H-pyrrole nitrogens is 1. The van der Waals surface area contributed by atoms with Crippen molar-refractivity contribution >= 4 is 17.7 Å². The quantitative estimate of drug-likeness (QED) is 0.612. The zero-order valence-electron chi connectivity index (χ0n) is 16.0. The van der Waals surface area contributed by atoms with E-state index in [9.17, 15) is 9.59 Å². The molecule has 0 saturated carbocycles. The van der Waals surface area contributed by atoms with E-state index in [-0.39, 0.29) is 11.5 Å². The summed E-state index contributed by atoms with van der Waals surface area (Å²) in [4.78, 5) is 33.7. The predicted octanol–water partition coefficient (Wildman–Crippen LogP) is 3.21. The van der Waals surface area contributed by atoms with E-state index < -0.39 is 0 Å². The second-order valence-corrected chi connectivity index (χ2v) is 8.06. The highest BCUT2D eigenvalue weighted by Crippen LogP contribution is 2.23. The first-order valence-electron chi connectivity index (χ1n) is 9.61. The summed E-state index contributed by atoms with van der Waals surface area (Å²) < 4.78 is 0. The van der Waals surface area contributed by atoms with Crippen LogP contribution in [0.15, 0.2) is 40.3 Å². The lowest BCUT2D eigenvalue weighted by Crippen LogP contribution is -2.39. The minimum Gasteiger partial charge on any atom is -0.342 e. The third kappa shape index (κ3) is 5.22. The van der Waals surface area contributed by atoms with E-state index in [1.165, 1.54) is 17.3 Å². The molecule has 0 aliphatic carbocycles. The summed E-state index contributed by atoms with van der Waals surface area (Å²) in [5.74, 6) is 1.08. The van der Waals surface area contributed by atoms with Crippen LogP contribution in [0.25, 0.3) is 0 Å². The molecular weight excluding hydrogens is 358 g/mol. The maximum atomic E-state index is 12.5. The molecule has 0 atom stereocenters. The number of amides is 1. The molecule has 1 aliphatic heterocycles. The number of benzene rings is 1. The van der Waals surface area contributed by atoms with Crippen LogP contribution in [0.2, 0.25) is 0 Å². The SMILES string of the molecule is CCc1c(C)nc(SCC(=O)N2CCC(Cc3ccccc3)CC2)[nH]c1=O. The number of thioether (sulfide) groups is 1. The molecule has 0 spiro atoms. The minimum absolute atomic E-state index is 0.0957. The van der Waals surface area contributed by atoms with Crippen LogP contribution < -0.4 is 5.56 Å². The molecular formula is C21H27N3O2S. The summed E-state index contributed by atoms with van der Waals surface area (Å²) in [5, 5.41) is 0.530. The fourth-order valence-electron chi connectivity index (χ4n) is 3.62. The maximum Gasteiger partial charge on any atom is 0.254 e. The fourth-order valence-corrected chi connectivity index (χ4v) is 4.43. The number of hydrogen-bond acceptors (Lipinski definition) is 4. The highest BCUT2D eigenvalue weighted by Gasteiger charge is 2.23. The van der Waals surface area contributed by atoms with E-state index >= 15 is 0 Å². The van der Waals surface area contributed by atoms with Crippen LogP contribution in [0.5, 0.6) is 0 Å². The Morgan fingerprint density at radius 3 is 2.59 bits per heavy atom. The second kappa shape index (κ2) is 9.22. The molecule has 27 heavy (non-hydrogen) atoms. The highest BCUT2D eigenvalue weighted by atomic mass is 32.2. The van der Waals surface area contributed by atoms with Gasteiger partial charge in [0.25, 0.3) is 5.56 Å². The predicted molar refractivity (Wildman–Crippen MR) is 109 cm³/mol. The van der Waals surface area contributed by atoms with Gasteiger partial charge in [0.05, 0.1) is 5.75 Å². The molecule has 1 aromatic carbocycles. The van der Waals surface area contributed by atoms with E-state index in [2.05, 4.69) is 34.2 Å². The normalized spacial score (nSPS) is 15.1. The van der Waals surface area contributed by atoms with Gasteiger partial charge in [0.2, 0.25) is 5.91 Å². The molecule has 1 aliphatic rings. The number of rotatable bonds is 6. The first-order valence-corrected chi connectivity index (χ1v) is 10.6. The summed E-state index contributed by atoms with van der Waals surface area (Å²) in [6.07, 6.45) is 3.84. The Labute approximate surface area is 164 Å². The topological polar surface area (TPSA) is 66.1 Å². The van der Waals surface area contributed by atoms with Gasteiger partial charge in [-0.25, -0.2) is 4.98 Å². The molecule has 2 aromatic rings. The van der Waals surface area contributed by atoms with Crippen LogP contribution in [0.1, 0.15) is 36.6 Å². The number of nitrogens with zero attached hydrogens (tertiary/aromatic N) is 2. The molecule has 6 heteroatoms. The van der Waals surface area contributed by atoms with E-state index in [0.29, 0.717) is 28.8 Å². The highest BCUT2D eigenvalue weighted by molar-refractivity contribution is 7.99. The zero-order valence-corrected chi connectivity index (χ0v) is 16.8. The van der Waals surface area contributed by atoms with Gasteiger partial charge in [-0.05, 0) is 44.1 Å². The molecule has 1 aromatic heterocycles. The van der Waals surface area contributed by atoms with Crippen LogP contribution in [-0.2, 0) is 17.6 Å². The van der Waals surface area contributed by atoms with Gasteiger partial charge >= 0.3 is 0 Å². The Kier molecular flexibility index (Phi) is 6.72. The molecule has 0 bridgehead atoms. The van der Waals surface area contributed by atoms with Gasteiger partial charge in [0.1, 0.15) is 0 Å². The van der Waals surface area contributed by atoms with Gasteiger partial charge in [-0.2, -0.15) is 0 Å². The smallest absolute Gasteiger partial charge is 0.254 e. The number of aryl methyl sites for hydroxylation is 1. The van der Waals surface area contributed by atoms with Gasteiger partial charge in [0.15, 0.2) is 5.16 Å². The van der Waals surface area contributed by atoms with E-state index in [1.54, 1.807) is 0 Å². The van der Waals surface area contributed by atoms with Crippen LogP contribution in [0, 0.1) is 12.8 Å². The molecule has 1 N–H and O–H groups in total. The summed E-state index contributed by atoms with van der Waals surface area (Å²) in [6.45, 7) is 5.41. The van der Waals surface area contributed by atoms with Crippen LogP contribution in [0.4, 0.5) is 0 Å². The Balaban J connectivity index is 1.48. The summed E-state index contributed by atoms with van der Waals surface area (Å²) in [6, 6.07) is 10.6.